The van der Waals surface area contributed by atoms with E-state index in [1.165, 1.54) is 5.56 Å². The Morgan fingerprint density at radius 2 is 2.26 bits per heavy atom. The van der Waals surface area contributed by atoms with Gasteiger partial charge in [0.1, 0.15) is 0 Å². The molecule has 122 valence electrons. The number of aromatic nitrogens is 2. The number of hydrogen-bond donors (Lipinski definition) is 1. The summed E-state index contributed by atoms with van der Waals surface area (Å²) in [5.41, 5.74) is 2.25. The Morgan fingerprint density at radius 3 is 3.04 bits per heavy atom. The summed E-state index contributed by atoms with van der Waals surface area (Å²) >= 11 is 0. The molecule has 1 saturated heterocycles. The average molecular weight is 314 g/mol. The molecule has 1 aliphatic rings. The highest BCUT2D eigenvalue weighted by atomic mass is 16.5. The molecule has 2 amide bonds. The molecule has 0 radical (unpaired) electrons. The zero-order valence-corrected chi connectivity index (χ0v) is 13.3. The van der Waals surface area contributed by atoms with Crippen molar-refractivity contribution in [3.05, 3.63) is 53.9 Å². The number of nitrogens with one attached hydrogen (secondary N) is 1. The van der Waals surface area contributed by atoms with Crippen LogP contribution >= 0.6 is 0 Å². The maximum Gasteiger partial charge on any atom is 0.317 e. The zero-order chi connectivity index (χ0) is 16.1. The molecule has 6 nitrogen and oxygen atoms in total. The molecule has 1 N–H and O–H groups in total. The van der Waals surface area contributed by atoms with Gasteiger partial charge in [-0.3, -0.25) is 4.68 Å². The van der Waals surface area contributed by atoms with Gasteiger partial charge in [0.05, 0.1) is 19.3 Å². The van der Waals surface area contributed by atoms with E-state index in [0.29, 0.717) is 26.2 Å². The van der Waals surface area contributed by atoms with Crippen molar-refractivity contribution in [1.29, 1.82) is 0 Å². The largest absolute Gasteiger partial charge is 0.375 e. The molecule has 1 fully saturated rings. The summed E-state index contributed by atoms with van der Waals surface area (Å²) in [6.45, 7) is 5.14. The van der Waals surface area contributed by atoms with Crippen LogP contribution in [0.2, 0.25) is 0 Å². The summed E-state index contributed by atoms with van der Waals surface area (Å²) in [7, 11) is 0. The first kappa shape index (κ1) is 15.6. The summed E-state index contributed by atoms with van der Waals surface area (Å²) in [4.78, 5) is 14.0. The van der Waals surface area contributed by atoms with Gasteiger partial charge in [0, 0.05) is 32.0 Å². The Kier molecular flexibility index (Phi) is 4.92. The van der Waals surface area contributed by atoms with Gasteiger partial charge in [-0.15, -0.1) is 0 Å². The third-order valence-electron chi connectivity index (χ3n) is 3.87. The van der Waals surface area contributed by atoms with Gasteiger partial charge >= 0.3 is 6.03 Å². The zero-order valence-electron chi connectivity index (χ0n) is 13.3. The van der Waals surface area contributed by atoms with Crippen LogP contribution in [-0.4, -0.2) is 46.5 Å². The number of carbonyl (C=O) groups is 1. The molecule has 0 saturated carbocycles. The number of benzene rings is 1. The molecule has 2 heterocycles. The number of rotatable bonds is 4. The average Bonchev–Trinajstić information content (AvgIpc) is 3.06. The fourth-order valence-electron chi connectivity index (χ4n) is 2.71. The SMILES string of the molecule is C[C@H]1CN(C(=O)NCc2cccc(Cn3cccn3)c2)CCO1. The highest BCUT2D eigenvalue weighted by Crippen LogP contribution is 2.08. The quantitative estimate of drug-likeness (QED) is 0.937. The first-order valence-electron chi connectivity index (χ1n) is 7.90. The van der Waals surface area contributed by atoms with Crippen LogP contribution in [0, 0.1) is 0 Å². The number of amides is 2. The molecule has 23 heavy (non-hydrogen) atoms. The van der Waals surface area contributed by atoms with Crippen LogP contribution in [0.1, 0.15) is 18.1 Å². The second-order valence-corrected chi connectivity index (χ2v) is 5.81. The number of morpholine rings is 1. The summed E-state index contributed by atoms with van der Waals surface area (Å²) < 4.78 is 7.34. The van der Waals surface area contributed by atoms with Gasteiger partial charge in [0.25, 0.3) is 0 Å². The summed E-state index contributed by atoms with van der Waals surface area (Å²) in [6, 6.07) is 10.1. The molecular formula is C17H22N4O2. The molecule has 0 spiro atoms. The predicted molar refractivity (Wildman–Crippen MR) is 87.0 cm³/mol. The first-order valence-corrected chi connectivity index (χ1v) is 7.90. The first-order chi connectivity index (χ1) is 11.2. The van der Waals surface area contributed by atoms with Crippen LogP contribution in [0.25, 0.3) is 0 Å². The van der Waals surface area contributed by atoms with Gasteiger partial charge in [0.15, 0.2) is 0 Å². The van der Waals surface area contributed by atoms with Gasteiger partial charge < -0.3 is 15.0 Å². The fraction of sp³-hybridized carbons (Fsp3) is 0.412. The van der Waals surface area contributed by atoms with Gasteiger partial charge in [-0.05, 0) is 24.1 Å². The molecule has 0 aliphatic carbocycles. The third kappa shape index (κ3) is 4.32. The lowest BCUT2D eigenvalue weighted by atomic mass is 10.1. The second-order valence-electron chi connectivity index (χ2n) is 5.81. The normalized spacial score (nSPS) is 18.0. The van der Waals surface area contributed by atoms with E-state index < -0.39 is 0 Å². The van der Waals surface area contributed by atoms with E-state index in [-0.39, 0.29) is 12.1 Å². The van der Waals surface area contributed by atoms with Gasteiger partial charge in [-0.2, -0.15) is 5.10 Å². The number of urea groups is 1. The third-order valence-corrected chi connectivity index (χ3v) is 3.87. The molecule has 2 aromatic rings. The number of hydrogen-bond acceptors (Lipinski definition) is 3. The van der Waals surface area contributed by atoms with Crippen molar-refractivity contribution < 1.29 is 9.53 Å². The lowest BCUT2D eigenvalue weighted by molar-refractivity contribution is -0.00351. The molecule has 1 atom stereocenters. The van der Waals surface area contributed by atoms with Crippen molar-refractivity contribution in [1.82, 2.24) is 20.0 Å². The van der Waals surface area contributed by atoms with Crippen molar-refractivity contribution in [2.24, 2.45) is 0 Å². The van der Waals surface area contributed by atoms with Gasteiger partial charge in [0.2, 0.25) is 0 Å². The number of carbonyl (C=O) groups excluding carboxylic acids is 1. The summed E-state index contributed by atoms with van der Waals surface area (Å²) in [5.74, 6) is 0. The molecule has 0 unspecified atom stereocenters. The van der Waals surface area contributed by atoms with E-state index in [9.17, 15) is 4.79 Å². The molecule has 1 aromatic heterocycles. The van der Waals surface area contributed by atoms with Crippen LogP contribution in [0.15, 0.2) is 42.7 Å². The van der Waals surface area contributed by atoms with E-state index in [1.807, 2.05) is 40.9 Å². The monoisotopic (exact) mass is 314 g/mol. The van der Waals surface area contributed by atoms with Crippen LogP contribution < -0.4 is 5.32 Å². The molecule has 1 aliphatic heterocycles. The minimum atomic E-state index is -0.0300. The standard InChI is InChI=1S/C17H22N4O2/c1-14-12-20(8-9-23-14)17(22)18-11-15-4-2-5-16(10-15)13-21-7-3-6-19-21/h2-7,10,14H,8-9,11-13H2,1H3,(H,18,22)/t14-/m0/s1. The lowest BCUT2D eigenvalue weighted by Crippen LogP contribution is -2.48. The van der Waals surface area contributed by atoms with Gasteiger partial charge in [-0.1, -0.05) is 24.3 Å². The molecule has 0 bridgehead atoms. The van der Waals surface area contributed by atoms with E-state index in [1.54, 1.807) is 6.20 Å². The smallest absolute Gasteiger partial charge is 0.317 e. The van der Waals surface area contributed by atoms with E-state index in [2.05, 4.69) is 22.5 Å². The lowest BCUT2D eigenvalue weighted by Gasteiger charge is -2.31. The maximum atomic E-state index is 12.2. The van der Waals surface area contributed by atoms with Crippen LogP contribution in [0.3, 0.4) is 0 Å². The van der Waals surface area contributed by atoms with E-state index >= 15 is 0 Å². The van der Waals surface area contributed by atoms with E-state index in [4.69, 9.17) is 4.74 Å². The Balaban J connectivity index is 1.54. The number of nitrogens with zero attached hydrogens (tertiary/aromatic N) is 3. The minimum Gasteiger partial charge on any atom is -0.375 e. The van der Waals surface area contributed by atoms with Crippen LogP contribution in [0.5, 0.6) is 0 Å². The summed E-state index contributed by atoms with van der Waals surface area (Å²) in [6.07, 6.45) is 3.81. The van der Waals surface area contributed by atoms with Crippen molar-refractivity contribution in [2.45, 2.75) is 26.1 Å². The second kappa shape index (κ2) is 7.28. The number of ether oxygens (including phenoxy) is 1. The summed E-state index contributed by atoms with van der Waals surface area (Å²) in [5, 5.41) is 7.20. The predicted octanol–water partition coefficient (Wildman–Crippen LogP) is 1.86. The minimum absolute atomic E-state index is 0.0300. The Hall–Kier alpha value is -2.34. The highest BCUT2D eigenvalue weighted by Gasteiger charge is 2.20. The molecule has 1 aromatic carbocycles. The Labute approximate surface area is 136 Å². The Morgan fingerprint density at radius 1 is 1.39 bits per heavy atom. The Bertz CT molecular complexity index is 642. The van der Waals surface area contributed by atoms with Crippen molar-refractivity contribution in [2.75, 3.05) is 19.7 Å². The van der Waals surface area contributed by atoms with Crippen molar-refractivity contribution in [3.63, 3.8) is 0 Å². The molecule has 6 heteroatoms. The topological polar surface area (TPSA) is 59.4 Å². The van der Waals surface area contributed by atoms with Crippen LogP contribution in [0.4, 0.5) is 4.79 Å². The van der Waals surface area contributed by atoms with E-state index in [0.717, 1.165) is 12.1 Å². The van der Waals surface area contributed by atoms with Crippen molar-refractivity contribution >= 4 is 6.03 Å². The van der Waals surface area contributed by atoms with Gasteiger partial charge in [-0.25, -0.2) is 4.79 Å². The van der Waals surface area contributed by atoms with Crippen molar-refractivity contribution in [3.8, 4) is 0 Å². The van der Waals surface area contributed by atoms with Crippen LogP contribution in [-0.2, 0) is 17.8 Å². The molecule has 3 rings (SSSR count). The highest BCUT2D eigenvalue weighted by molar-refractivity contribution is 5.74. The fourth-order valence-corrected chi connectivity index (χ4v) is 2.71. The molecular weight excluding hydrogens is 292 g/mol. The maximum absolute atomic E-state index is 12.2.